The van der Waals surface area contributed by atoms with E-state index in [1.165, 1.54) is 55.3 Å². The van der Waals surface area contributed by atoms with Gasteiger partial charge in [0.05, 0.1) is 27.6 Å². The molecule has 54 heavy (non-hydrogen) atoms. The summed E-state index contributed by atoms with van der Waals surface area (Å²) in [6.45, 7) is 0. The standard InChI is InChI=1S/C50H32N4/c1-3-13-33(14-4-1)38-29-39(34-15-5-2-6-16-34)31-40(30-38)36-25-23-35(24-26-36)37-27-28-47-43(32-37)41-17-8-11-21-46(41)53(47)50-52-44-19-9-7-18-42(44)49-51-45-20-10-12-22-48(45)54(49)50/h1-32H. The molecule has 3 heterocycles. The Morgan fingerprint density at radius 3 is 1.44 bits per heavy atom. The number of hydrogen-bond donors (Lipinski definition) is 0. The maximum atomic E-state index is 5.32. The summed E-state index contributed by atoms with van der Waals surface area (Å²) in [4.78, 5) is 10.4. The molecule has 0 saturated carbocycles. The molecule has 0 aliphatic carbocycles. The van der Waals surface area contributed by atoms with Crippen LogP contribution in [-0.2, 0) is 0 Å². The molecule has 4 nitrogen and oxygen atoms in total. The van der Waals surface area contributed by atoms with Gasteiger partial charge in [-0.15, -0.1) is 0 Å². The lowest BCUT2D eigenvalue weighted by Gasteiger charge is -2.13. The van der Waals surface area contributed by atoms with Crippen molar-refractivity contribution in [1.82, 2.24) is 18.9 Å². The largest absolute Gasteiger partial charge is 0.279 e. The predicted molar refractivity (Wildman–Crippen MR) is 224 cm³/mol. The second kappa shape index (κ2) is 12.1. The topological polar surface area (TPSA) is 35.1 Å². The summed E-state index contributed by atoms with van der Waals surface area (Å²) in [6, 6.07) is 69.2. The van der Waals surface area contributed by atoms with Crippen molar-refractivity contribution in [2.45, 2.75) is 0 Å². The number of fused-ring (bicyclic) bond motifs is 8. The molecule has 8 aromatic carbocycles. The number of imidazole rings is 1. The zero-order chi connectivity index (χ0) is 35.6. The van der Waals surface area contributed by atoms with Gasteiger partial charge in [-0.25, -0.2) is 9.97 Å². The molecule has 4 heteroatoms. The normalized spacial score (nSPS) is 11.7. The molecular formula is C50H32N4. The smallest absolute Gasteiger partial charge is 0.221 e. The first-order valence-electron chi connectivity index (χ1n) is 18.3. The van der Waals surface area contributed by atoms with Crippen molar-refractivity contribution in [1.29, 1.82) is 0 Å². The van der Waals surface area contributed by atoms with Crippen LogP contribution in [-0.4, -0.2) is 18.9 Å². The summed E-state index contributed by atoms with van der Waals surface area (Å²) in [5, 5.41) is 3.40. The SMILES string of the molecule is c1ccc(-c2cc(-c3ccccc3)cc(-c3ccc(-c4ccc5c(c4)c4ccccc4n5-c4nc5ccccc5c5nc6ccccc6n45)cc3)c2)cc1. The van der Waals surface area contributed by atoms with Gasteiger partial charge < -0.3 is 0 Å². The molecule has 0 fully saturated rings. The summed E-state index contributed by atoms with van der Waals surface area (Å²) >= 11 is 0. The fraction of sp³-hybridized carbons (Fsp3) is 0. The maximum Gasteiger partial charge on any atom is 0.221 e. The molecule has 0 amide bonds. The predicted octanol–water partition coefficient (Wildman–Crippen LogP) is 12.8. The fourth-order valence-electron chi connectivity index (χ4n) is 8.09. The van der Waals surface area contributed by atoms with Gasteiger partial charge in [-0.05, 0) is 105 Å². The first-order valence-corrected chi connectivity index (χ1v) is 18.3. The Labute approximate surface area is 311 Å². The van der Waals surface area contributed by atoms with Gasteiger partial charge in [-0.2, -0.15) is 0 Å². The lowest BCUT2D eigenvalue weighted by Crippen LogP contribution is -2.06. The third-order valence-corrected chi connectivity index (χ3v) is 10.7. The van der Waals surface area contributed by atoms with Crippen LogP contribution in [0.4, 0.5) is 0 Å². The van der Waals surface area contributed by atoms with Crippen LogP contribution in [0.1, 0.15) is 0 Å². The molecule has 0 aliphatic rings. The molecule has 252 valence electrons. The van der Waals surface area contributed by atoms with Crippen molar-refractivity contribution in [3.8, 4) is 50.5 Å². The minimum atomic E-state index is 0.827. The lowest BCUT2D eigenvalue weighted by molar-refractivity contribution is 0.979. The van der Waals surface area contributed by atoms with Gasteiger partial charge >= 0.3 is 0 Å². The van der Waals surface area contributed by atoms with E-state index in [4.69, 9.17) is 9.97 Å². The summed E-state index contributed by atoms with van der Waals surface area (Å²) in [5.41, 5.74) is 15.6. The van der Waals surface area contributed by atoms with Crippen LogP contribution >= 0.6 is 0 Å². The molecule has 3 aromatic heterocycles. The van der Waals surface area contributed by atoms with E-state index in [1.807, 2.05) is 12.1 Å². The highest BCUT2D eigenvalue weighted by Crippen LogP contribution is 2.38. The van der Waals surface area contributed by atoms with Gasteiger partial charge in [-0.3, -0.25) is 8.97 Å². The summed E-state index contributed by atoms with van der Waals surface area (Å²) in [7, 11) is 0. The Morgan fingerprint density at radius 2 is 0.778 bits per heavy atom. The molecule has 0 radical (unpaired) electrons. The van der Waals surface area contributed by atoms with Gasteiger partial charge in [-0.1, -0.05) is 133 Å². The van der Waals surface area contributed by atoms with Crippen LogP contribution < -0.4 is 0 Å². The average molecular weight is 689 g/mol. The van der Waals surface area contributed by atoms with E-state index in [0.717, 1.165) is 44.6 Å². The molecule has 11 rings (SSSR count). The Bertz CT molecular complexity index is 3130. The number of rotatable bonds is 5. The summed E-state index contributed by atoms with van der Waals surface area (Å²) in [5.74, 6) is 0.827. The number of nitrogens with zero attached hydrogens (tertiary/aromatic N) is 4. The van der Waals surface area contributed by atoms with Gasteiger partial charge in [0.25, 0.3) is 0 Å². The van der Waals surface area contributed by atoms with E-state index in [2.05, 4.69) is 191 Å². The quantitative estimate of drug-likeness (QED) is 0.180. The van der Waals surface area contributed by atoms with E-state index in [1.54, 1.807) is 0 Å². The molecule has 0 saturated heterocycles. The van der Waals surface area contributed by atoms with Crippen molar-refractivity contribution in [2.75, 3.05) is 0 Å². The Kier molecular flexibility index (Phi) is 6.82. The van der Waals surface area contributed by atoms with E-state index < -0.39 is 0 Å². The van der Waals surface area contributed by atoms with Crippen molar-refractivity contribution < 1.29 is 0 Å². The first-order chi connectivity index (χ1) is 26.8. The Balaban J connectivity index is 1.05. The highest BCUT2D eigenvalue weighted by Gasteiger charge is 2.20. The molecule has 0 unspecified atom stereocenters. The van der Waals surface area contributed by atoms with Crippen LogP contribution in [0, 0.1) is 0 Å². The first kappa shape index (κ1) is 30.3. The molecule has 0 aliphatic heterocycles. The van der Waals surface area contributed by atoms with Crippen molar-refractivity contribution in [3.63, 3.8) is 0 Å². The summed E-state index contributed by atoms with van der Waals surface area (Å²) in [6.07, 6.45) is 0. The zero-order valence-electron chi connectivity index (χ0n) is 29.3. The maximum absolute atomic E-state index is 5.32. The van der Waals surface area contributed by atoms with Crippen LogP contribution in [0.3, 0.4) is 0 Å². The van der Waals surface area contributed by atoms with Gasteiger partial charge in [0.1, 0.15) is 5.65 Å². The van der Waals surface area contributed by atoms with Gasteiger partial charge in [0.15, 0.2) is 0 Å². The second-order valence-electron chi connectivity index (χ2n) is 13.9. The number of hydrogen-bond acceptors (Lipinski definition) is 2. The molecule has 0 spiro atoms. The van der Waals surface area contributed by atoms with Crippen LogP contribution in [0.2, 0.25) is 0 Å². The molecule has 0 atom stereocenters. The van der Waals surface area contributed by atoms with Gasteiger partial charge in [0, 0.05) is 16.2 Å². The van der Waals surface area contributed by atoms with E-state index in [9.17, 15) is 0 Å². The zero-order valence-corrected chi connectivity index (χ0v) is 29.3. The average Bonchev–Trinajstić information content (AvgIpc) is 3.80. The third kappa shape index (κ3) is 4.85. The fourth-order valence-corrected chi connectivity index (χ4v) is 8.09. The molecular weight excluding hydrogens is 657 g/mol. The van der Waals surface area contributed by atoms with Gasteiger partial charge in [0.2, 0.25) is 5.95 Å². The Morgan fingerprint density at radius 1 is 0.296 bits per heavy atom. The van der Waals surface area contributed by atoms with Crippen LogP contribution in [0.15, 0.2) is 194 Å². The number of aromatic nitrogens is 4. The minimum absolute atomic E-state index is 0.827. The monoisotopic (exact) mass is 688 g/mol. The number of para-hydroxylation sites is 4. The molecule has 0 bridgehead atoms. The van der Waals surface area contributed by atoms with Crippen LogP contribution in [0.5, 0.6) is 0 Å². The molecule has 11 aromatic rings. The minimum Gasteiger partial charge on any atom is -0.279 e. The highest BCUT2D eigenvalue weighted by atomic mass is 15.2. The van der Waals surface area contributed by atoms with Crippen molar-refractivity contribution in [2.24, 2.45) is 0 Å². The van der Waals surface area contributed by atoms with Crippen molar-refractivity contribution >= 4 is 49.4 Å². The van der Waals surface area contributed by atoms with Crippen LogP contribution in [0.25, 0.3) is 99.8 Å². The lowest BCUT2D eigenvalue weighted by atomic mass is 9.92. The van der Waals surface area contributed by atoms with E-state index >= 15 is 0 Å². The van der Waals surface area contributed by atoms with E-state index in [0.29, 0.717) is 0 Å². The Hall–Kier alpha value is -7.30. The van der Waals surface area contributed by atoms with E-state index in [-0.39, 0.29) is 0 Å². The third-order valence-electron chi connectivity index (χ3n) is 10.7. The van der Waals surface area contributed by atoms with Crippen molar-refractivity contribution in [3.05, 3.63) is 194 Å². The number of benzene rings is 8. The molecule has 0 N–H and O–H groups in total. The highest BCUT2D eigenvalue weighted by molar-refractivity contribution is 6.11. The second-order valence-corrected chi connectivity index (χ2v) is 13.9. The summed E-state index contributed by atoms with van der Waals surface area (Å²) < 4.78 is 4.52.